The van der Waals surface area contributed by atoms with Gasteiger partial charge in [0, 0.05) is 37.6 Å². The number of benzene rings is 1. The van der Waals surface area contributed by atoms with Crippen LogP contribution in [0.15, 0.2) is 18.2 Å². The lowest BCUT2D eigenvalue weighted by atomic mass is 10.1. The third-order valence-corrected chi connectivity index (χ3v) is 2.70. The van der Waals surface area contributed by atoms with Gasteiger partial charge in [-0.05, 0) is 25.1 Å². The van der Waals surface area contributed by atoms with Gasteiger partial charge in [0.05, 0.1) is 12.7 Å². The number of nitrogens with two attached hydrogens (primary N) is 1. The maximum Gasteiger partial charge on any atom is 0.161 e. The van der Waals surface area contributed by atoms with Crippen LogP contribution < -0.4 is 10.6 Å². The smallest absolute Gasteiger partial charge is 0.161 e. The van der Waals surface area contributed by atoms with Crippen molar-refractivity contribution in [1.29, 1.82) is 0 Å². The fraction of sp³-hybridized carbons (Fsp3) is 0.462. The molecule has 1 aromatic rings. The second-order valence-electron chi connectivity index (χ2n) is 4.32. The summed E-state index contributed by atoms with van der Waals surface area (Å²) in [5, 5.41) is 9.66. The van der Waals surface area contributed by atoms with Gasteiger partial charge in [0.25, 0.3) is 0 Å². The van der Waals surface area contributed by atoms with Gasteiger partial charge in [-0.25, -0.2) is 0 Å². The van der Waals surface area contributed by atoms with Crippen LogP contribution >= 0.6 is 0 Å². The number of Topliss-reactive ketones (excluding diaryl/α,β-unsaturated/α-hetero) is 1. The van der Waals surface area contributed by atoms with Crippen molar-refractivity contribution in [2.75, 3.05) is 37.9 Å². The van der Waals surface area contributed by atoms with Crippen LogP contribution in [-0.4, -0.2) is 44.3 Å². The predicted octanol–water partition coefficient (Wildman–Crippen LogP) is 0.915. The molecule has 5 nitrogen and oxygen atoms in total. The summed E-state index contributed by atoms with van der Waals surface area (Å²) in [6.07, 6.45) is -0.571. The molecular formula is C13H20N2O3. The average Bonchev–Trinajstić information content (AvgIpc) is 2.29. The standard InChI is InChI=1S/C13H20N2O3/c1-9(16)12-6-10(4-5-13(12)14)15(2)7-11(17)8-18-3/h4-6,11,17H,7-8,14H2,1-3H3. The number of rotatable bonds is 6. The third kappa shape index (κ3) is 3.72. The molecule has 0 saturated heterocycles. The van der Waals surface area contributed by atoms with Crippen molar-refractivity contribution >= 4 is 17.2 Å². The maximum absolute atomic E-state index is 11.4. The molecule has 1 unspecified atom stereocenters. The molecule has 1 atom stereocenters. The molecule has 0 bridgehead atoms. The number of ether oxygens (including phenoxy) is 1. The highest BCUT2D eigenvalue weighted by molar-refractivity contribution is 6.00. The first-order valence-corrected chi connectivity index (χ1v) is 5.74. The third-order valence-electron chi connectivity index (χ3n) is 2.70. The Morgan fingerprint density at radius 1 is 1.56 bits per heavy atom. The largest absolute Gasteiger partial charge is 0.398 e. The minimum absolute atomic E-state index is 0.0693. The first kappa shape index (κ1) is 14.5. The summed E-state index contributed by atoms with van der Waals surface area (Å²) in [4.78, 5) is 13.3. The SMILES string of the molecule is COCC(O)CN(C)c1ccc(N)c(C(C)=O)c1. The highest BCUT2D eigenvalue weighted by Crippen LogP contribution is 2.21. The Morgan fingerprint density at radius 2 is 2.22 bits per heavy atom. The molecule has 0 aliphatic rings. The molecule has 1 rings (SSSR count). The van der Waals surface area contributed by atoms with E-state index in [1.807, 2.05) is 18.0 Å². The summed E-state index contributed by atoms with van der Waals surface area (Å²) in [7, 11) is 3.38. The van der Waals surface area contributed by atoms with Gasteiger partial charge >= 0.3 is 0 Å². The van der Waals surface area contributed by atoms with Crippen LogP contribution in [0.3, 0.4) is 0 Å². The molecule has 0 aromatic heterocycles. The molecule has 0 aliphatic carbocycles. The van der Waals surface area contributed by atoms with Gasteiger partial charge in [0.15, 0.2) is 5.78 Å². The molecule has 100 valence electrons. The molecule has 18 heavy (non-hydrogen) atoms. The van der Waals surface area contributed by atoms with Gasteiger partial charge in [-0.15, -0.1) is 0 Å². The van der Waals surface area contributed by atoms with Crippen LogP contribution in [0.4, 0.5) is 11.4 Å². The molecule has 1 aromatic carbocycles. The number of anilines is 2. The summed E-state index contributed by atoms with van der Waals surface area (Å²) in [5.74, 6) is -0.0693. The Morgan fingerprint density at radius 3 is 2.78 bits per heavy atom. The molecule has 0 amide bonds. The highest BCUT2D eigenvalue weighted by Gasteiger charge is 2.11. The van der Waals surface area contributed by atoms with Crippen molar-refractivity contribution in [2.24, 2.45) is 0 Å². The molecule has 3 N–H and O–H groups in total. The van der Waals surface area contributed by atoms with Crippen LogP contribution in [0.25, 0.3) is 0 Å². The molecule has 0 saturated carbocycles. The summed E-state index contributed by atoms with van der Waals surface area (Å²) in [6, 6.07) is 5.25. The second-order valence-corrected chi connectivity index (χ2v) is 4.32. The lowest BCUT2D eigenvalue weighted by Crippen LogP contribution is -2.31. The fourth-order valence-corrected chi connectivity index (χ4v) is 1.75. The zero-order valence-corrected chi connectivity index (χ0v) is 11.0. The Bertz CT molecular complexity index is 421. The van der Waals surface area contributed by atoms with Gasteiger partial charge in [-0.3, -0.25) is 4.79 Å². The summed E-state index contributed by atoms with van der Waals surface area (Å²) in [6.45, 7) is 2.18. The van der Waals surface area contributed by atoms with E-state index < -0.39 is 6.10 Å². The van der Waals surface area contributed by atoms with E-state index in [4.69, 9.17) is 10.5 Å². The first-order chi connectivity index (χ1) is 8.45. The van der Waals surface area contributed by atoms with E-state index in [2.05, 4.69) is 0 Å². The van der Waals surface area contributed by atoms with Crippen LogP contribution in [0, 0.1) is 0 Å². The fourth-order valence-electron chi connectivity index (χ4n) is 1.75. The quantitative estimate of drug-likeness (QED) is 0.581. The molecule has 0 fully saturated rings. The Labute approximate surface area is 107 Å². The van der Waals surface area contributed by atoms with Crippen molar-refractivity contribution in [2.45, 2.75) is 13.0 Å². The monoisotopic (exact) mass is 252 g/mol. The minimum Gasteiger partial charge on any atom is -0.398 e. The highest BCUT2D eigenvalue weighted by atomic mass is 16.5. The van der Waals surface area contributed by atoms with E-state index >= 15 is 0 Å². The topological polar surface area (TPSA) is 75.8 Å². The number of likely N-dealkylation sites (N-methyl/N-ethyl adjacent to an activating group) is 1. The van der Waals surface area contributed by atoms with E-state index in [1.54, 1.807) is 19.2 Å². The molecule has 0 radical (unpaired) electrons. The van der Waals surface area contributed by atoms with Gasteiger partial charge in [-0.1, -0.05) is 0 Å². The van der Waals surface area contributed by atoms with Gasteiger partial charge in [-0.2, -0.15) is 0 Å². The number of hydrogen-bond acceptors (Lipinski definition) is 5. The Kier molecular flexibility index (Phi) is 5.12. The normalized spacial score (nSPS) is 12.2. The van der Waals surface area contributed by atoms with Crippen molar-refractivity contribution in [3.8, 4) is 0 Å². The predicted molar refractivity (Wildman–Crippen MR) is 72.0 cm³/mol. The van der Waals surface area contributed by atoms with Crippen molar-refractivity contribution in [3.63, 3.8) is 0 Å². The number of nitrogen functional groups attached to an aromatic ring is 1. The van der Waals surface area contributed by atoms with Crippen molar-refractivity contribution in [1.82, 2.24) is 0 Å². The lowest BCUT2D eigenvalue weighted by Gasteiger charge is -2.23. The van der Waals surface area contributed by atoms with Crippen molar-refractivity contribution < 1.29 is 14.6 Å². The minimum atomic E-state index is -0.571. The van der Waals surface area contributed by atoms with Crippen LogP contribution in [0.5, 0.6) is 0 Å². The van der Waals surface area contributed by atoms with Crippen LogP contribution in [0.1, 0.15) is 17.3 Å². The number of ketones is 1. The molecule has 0 spiro atoms. The second kappa shape index (κ2) is 6.37. The number of aliphatic hydroxyl groups excluding tert-OH is 1. The summed E-state index contributed by atoms with van der Waals surface area (Å²) >= 11 is 0. The number of methoxy groups -OCH3 is 1. The number of nitrogens with zero attached hydrogens (tertiary/aromatic N) is 1. The van der Waals surface area contributed by atoms with Gasteiger partial charge < -0.3 is 20.5 Å². The first-order valence-electron chi connectivity index (χ1n) is 5.74. The van der Waals surface area contributed by atoms with E-state index in [0.29, 0.717) is 17.8 Å². The van der Waals surface area contributed by atoms with E-state index in [1.165, 1.54) is 6.92 Å². The average molecular weight is 252 g/mol. The molecular weight excluding hydrogens is 232 g/mol. The van der Waals surface area contributed by atoms with Crippen LogP contribution in [0.2, 0.25) is 0 Å². The zero-order chi connectivity index (χ0) is 13.7. The Balaban J connectivity index is 2.83. The molecule has 5 heteroatoms. The maximum atomic E-state index is 11.4. The number of aliphatic hydroxyl groups is 1. The zero-order valence-electron chi connectivity index (χ0n) is 11.0. The van der Waals surface area contributed by atoms with Gasteiger partial charge in [0.2, 0.25) is 0 Å². The van der Waals surface area contributed by atoms with E-state index in [0.717, 1.165) is 5.69 Å². The van der Waals surface area contributed by atoms with Gasteiger partial charge in [0.1, 0.15) is 0 Å². The molecule has 0 heterocycles. The van der Waals surface area contributed by atoms with Crippen LogP contribution in [-0.2, 0) is 4.74 Å². The lowest BCUT2D eigenvalue weighted by molar-refractivity contribution is 0.0695. The van der Waals surface area contributed by atoms with E-state index in [9.17, 15) is 9.90 Å². The number of hydrogen-bond donors (Lipinski definition) is 2. The number of carbonyl (C=O) groups excluding carboxylic acids is 1. The van der Waals surface area contributed by atoms with E-state index in [-0.39, 0.29) is 12.4 Å². The summed E-state index contributed by atoms with van der Waals surface area (Å²) < 4.78 is 4.87. The number of carbonyl (C=O) groups is 1. The molecule has 0 aliphatic heterocycles. The Hall–Kier alpha value is -1.59. The van der Waals surface area contributed by atoms with Crippen molar-refractivity contribution in [3.05, 3.63) is 23.8 Å². The summed E-state index contributed by atoms with van der Waals surface area (Å²) in [5.41, 5.74) is 7.54.